The van der Waals surface area contributed by atoms with Crippen molar-refractivity contribution >= 4 is 56.6 Å². The first-order valence-corrected chi connectivity index (χ1v) is 16.7. The van der Waals surface area contributed by atoms with Crippen molar-refractivity contribution < 1.29 is 23.4 Å². The number of halogens is 2. The van der Waals surface area contributed by atoms with Crippen LogP contribution in [0.3, 0.4) is 0 Å². The van der Waals surface area contributed by atoms with E-state index < -0.39 is 22.6 Å². The lowest BCUT2D eigenvalue weighted by Gasteiger charge is -2.21. The van der Waals surface area contributed by atoms with Gasteiger partial charge in [-0.25, -0.2) is 9.18 Å². The van der Waals surface area contributed by atoms with Crippen molar-refractivity contribution in [2.45, 2.75) is 32.2 Å². The molecule has 0 spiro atoms. The molecule has 15 heteroatoms. The third-order valence-corrected chi connectivity index (χ3v) is 8.48. The molecule has 0 radical (unpaired) electrons. The summed E-state index contributed by atoms with van der Waals surface area (Å²) < 4.78 is 35.5. The van der Waals surface area contributed by atoms with Crippen LogP contribution in [-0.2, 0) is 26.1 Å². The molecule has 256 valence electrons. The number of carbonyl (C=O) groups excluding carboxylic acids is 1. The molecule has 4 N–H and O–H groups in total. The predicted molar refractivity (Wildman–Crippen MR) is 189 cm³/mol. The molecule has 4 aromatic rings. The van der Waals surface area contributed by atoms with Gasteiger partial charge in [-0.15, -0.1) is 0 Å². The van der Waals surface area contributed by atoms with E-state index in [1.54, 1.807) is 37.3 Å². The van der Waals surface area contributed by atoms with Gasteiger partial charge in [0, 0.05) is 34.5 Å². The molecule has 5 rings (SSSR count). The lowest BCUT2D eigenvalue weighted by molar-refractivity contribution is -0.117. The molecular weight excluding hydrogens is 738 g/mol. The molecule has 0 unspecified atom stereocenters. The molecule has 1 saturated carbocycles. The monoisotopic (exact) mass is 776 g/mol. The number of aromatic nitrogens is 3. The van der Waals surface area contributed by atoms with E-state index in [0.29, 0.717) is 67.4 Å². The Kier molecular flexibility index (Phi) is 11.8. The van der Waals surface area contributed by atoms with E-state index in [2.05, 4.69) is 10.6 Å². The zero-order valence-corrected chi connectivity index (χ0v) is 28.9. The highest BCUT2D eigenvalue weighted by Gasteiger charge is 2.31. The Morgan fingerprint density at radius 2 is 1.67 bits per heavy atom. The molecule has 1 fully saturated rings. The van der Waals surface area contributed by atoms with Crippen LogP contribution in [0.4, 0.5) is 21.6 Å². The van der Waals surface area contributed by atoms with Gasteiger partial charge in [-0.1, -0.05) is 6.07 Å². The van der Waals surface area contributed by atoms with Crippen molar-refractivity contribution in [2.75, 3.05) is 56.8 Å². The van der Waals surface area contributed by atoms with Crippen molar-refractivity contribution in [3.05, 3.63) is 88.6 Å². The van der Waals surface area contributed by atoms with Crippen LogP contribution < -0.4 is 33.2 Å². The quantitative estimate of drug-likeness (QED) is 0.115. The largest absolute Gasteiger partial charge is 0.379 e. The number of nitrogens with one attached hydrogen (secondary N) is 2. The van der Waals surface area contributed by atoms with Gasteiger partial charge < -0.3 is 30.6 Å². The molecule has 2 heterocycles. The number of pyridine rings is 1. The van der Waals surface area contributed by atoms with Crippen LogP contribution in [0.25, 0.3) is 16.6 Å². The van der Waals surface area contributed by atoms with Gasteiger partial charge in [0.05, 0.1) is 63.0 Å². The van der Waals surface area contributed by atoms with E-state index in [1.807, 2.05) is 22.6 Å². The van der Waals surface area contributed by atoms with Crippen molar-refractivity contribution in [1.29, 1.82) is 0 Å². The van der Waals surface area contributed by atoms with E-state index in [-0.39, 0.29) is 52.9 Å². The number of aryl methyl sites for hydroxylation is 1. The number of hydrogen-bond acceptors (Lipinski definition) is 9. The van der Waals surface area contributed by atoms with E-state index in [0.717, 1.165) is 0 Å². The summed E-state index contributed by atoms with van der Waals surface area (Å²) in [5, 5.41) is 5.84. The fourth-order valence-corrected chi connectivity index (χ4v) is 5.76. The van der Waals surface area contributed by atoms with Crippen molar-refractivity contribution in [2.24, 2.45) is 12.8 Å². The van der Waals surface area contributed by atoms with Crippen molar-refractivity contribution in [3.8, 4) is 5.69 Å². The molecule has 2 aromatic carbocycles. The minimum absolute atomic E-state index is 0.0589. The fraction of sp³-hybridized carbons (Fsp3) is 0.394. The zero-order valence-electron chi connectivity index (χ0n) is 26.7. The van der Waals surface area contributed by atoms with E-state index in [1.165, 1.54) is 32.9 Å². The third-order valence-electron chi connectivity index (χ3n) is 7.81. The number of ether oxygens (including phenoxy) is 3. The average molecular weight is 777 g/mol. The number of anilines is 3. The van der Waals surface area contributed by atoms with Crippen LogP contribution in [0, 0.1) is 16.3 Å². The van der Waals surface area contributed by atoms with Gasteiger partial charge in [-0.05, 0) is 78.8 Å². The zero-order chi connectivity index (χ0) is 34.4. The summed E-state index contributed by atoms with van der Waals surface area (Å²) in [7, 11) is 1.49. The number of fused-ring (bicyclic) bond motifs is 1. The van der Waals surface area contributed by atoms with E-state index in [4.69, 9.17) is 19.9 Å². The summed E-state index contributed by atoms with van der Waals surface area (Å²) in [5.74, 6) is -0.812. The standard InChI is InChI=1S/C33H38FIN6O7/c1-20-29-28(30(39(2)31(20)43)38-26-9-6-21(35)18-25(26)34)32(44)41(23-7-8-23)33(45)40(29)24-5-3-4-22(19-24)37-27(42)10-12-46-14-16-48-17-15-47-13-11-36/h3-6,9,18-19,23,38H,7-8,10-17,36H2,1-2H3,(H,37,42). The Morgan fingerprint density at radius 3 is 2.33 bits per heavy atom. The summed E-state index contributed by atoms with van der Waals surface area (Å²) in [6.45, 7) is 4.21. The molecule has 0 bridgehead atoms. The van der Waals surface area contributed by atoms with Crippen LogP contribution in [0.5, 0.6) is 0 Å². The number of benzene rings is 2. The molecule has 1 aliphatic rings. The number of rotatable bonds is 16. The minimum atomic E-state index is -0.609. The Bertz CT molecular complexity index is 1990. The average Bonchev–Trinajstić information content (AvgIpc) is 3.89. The molecular formula is C33H38FIN6O7. The third kappa shape index (κ3) is 8.03. The SMILES string of the molecule is Cc1c(=O)n(C)c(Nc2ccc(I)cc2F)c2c(=O)n(C3CC3)c(=O)n(-c3cccc(NC(=O)CCOCCOCCOCCN)c3)c12. The number of hydrogen-bond donors (Lipinski definition) is 3. The molecule has 0 atom stereocenters. The maximum Gasteiger partial charge on any atom is 0.336 e. The predicted octanol–water partition coefficient (Wildman–Crippen LogP) is 3.32. The molecule has 1 aliphatic carbocycles. The molecule has 48 heavy (non-hydrogen) atoms. The summed E-state index contributed by atoms with van der Waals surface area (Å²) in [6, 6.07) is 10.8. The number of nitrogens with zero attached hydrogens (tertiary/aromatic N) is 3. The van der Waals surface area contributed by atoms with E-state index >= 15 is 0 Å². The number of carbonyl (C=O) groups is 1. The van der Waals surface area contributed by atoms with Gasteiger partial charge in [-0.3, -0.25) is 28.1 Å². The normalized spacial score (nSPS) is 12.9. The lowest BCUT2D eigenvalue weighted by atomic mass is 10.1. The molecule has 13 nitrogen and oxygen atoms in total. The van der Waals surface area contributed by atoms with Crippen LogP contribution in [0.1, 0.15) is 30.9 Å². The lowest BCUT2D eigenvalue weighted by Crippen LogP contribution is -2.41. The highest BCUT2D eigenvalue weighted by atomic mass is 127. The Labute approximate surface area is 288 Å². The van der Waals surface area contributed by atoms with Crippen LogP contribution >= 0.6 is 22.6 Å². The second-order valence-corrected chi connectivity index (χ2v) is 12.6. The highest BCUT2D eigenvalue weighted by Crippen LogP contribution is 2.34. The molecule has 0 aliphatic heterocycles. The second-order valence-electron chi connectivity index (χ2n) is 11.3. The van der Waals surface area contributed by atoms with Gasteiger partial charge in [-0.2, -0.15) is 0 Å². The van der Waals surface area contributed by atoms with E-state index in [9.17, 15) is 23.6 Å². The second kappa shape index (κ2) is 16.0. The van der Waals surface area contributed by atoms with Crippen molar-refractivity contribution in [3.63, 3.8) is 0 Å². The van der Waals surface area contributed by atoms with Gasteiger partial charge in [0.25, 0.3) is 11.1 Å². The first kappa shape index (κ1) is 35.4. The fourth-order valence-electron chi connectivity index (χ4n) is 5.31. The maximum atomic E-state index is 15.0. The van der Waals surface area contributed by atoms with Crippen LogP contribution in [-0.4, -0.2) is 65.8 Å². The smallest absolute Gasteiger partial charge is 0.336 e. The summed E-state index contributed by atoms with van der Waals surface area (Å²) in [5.41, 5.74) is 4.79. The Balaban J connectivity index is 1.43. The van der Waals surface area contributed by atoms with Gasteiger partial charge in [0.1, 0.15) is 17.0 Å². The summed E-state index contributed by atoms with van der Waals surface area (Å²) >= 11 is 1.99. The van der Waals surface area contributed by atoms with Gasteiger partial charge in [0.2, 0.25) is 5.91 Å². The summed E-state index contributed by atoms with van der Waals surface area (Å²) in [4.78, 5) is 54.4. The van der Waals surface area contributed by atoms with Gasteiger partial charge in [0.15, 0.2) is 0 Å². The first-order valence-electron chi connectivity index (χ1n) is 15.6. The summed E-state index contributed by atoms with van der Waals surface area (Å²) in [6.07, 6.45) is 1.37. The highest BCUT2D eigenvalue weighted by molar-refractivity contribution is 14.1. The van der Waals surface area contributed by atoms with Gasteiger partial charge >= 0.3 is 5.69 Å². The Morgan fingerprint density at radius 1 is 0.979 bits per heavy atom. The molecule has 2 aromatic heterocycles. The molecule has 0 saturated heterocycles. The maximum absolute atomic E-state index is 15.0. The molecule has 1 amide bonds. The Hall–Kier alpha value is -3.90. The van der Waals surface area contributed by atoms with Crippen LogP contribution in [0.15, 0.2) is 56.8 Å². The van der Waals surface area contributed by atoms with Crippen LogP contribution in [0.2, 0.25) is 0 Å². The minimum Gasteiger partial charge on any atom is -0.379 e. The van der Waals surface area contributed by atoms with Crippen molar-refractivity contribution in [1.82, 2.24) is 13.7 Å². The number of amides is 1. The number of nitrogens with two attached hydrogens (primary N) is 1. The topological polar surface area (TPSA) is 161 Å². The first-order chi connectivity index (χ1) is 23.1.